The van der Waals surface area contributed by atoms with Crippen molar-refractivity contribution in [3.8, 4) is 0 Å². The molecular formula is C15H19BrN4O3S. The van der Waals surface area contributed by atoms with Crippen LogP contribution >= 0.6 is 15.9 Å². The molecule has 0 N–H and O–H groups in total. The van der Waals surface area contributed by atoms with E-state index in [-0.39, 0.29) is 6.04 Å². The van der Waals surface area contributed by atoms with Gasteiger partial charge in [0.15, 0.2) is 15.5 Å². The molecule has 1 aliphatic heterocycles. The first-order valence-electron chi connectivity index (χ1n) is 7.92. The maximum Gasteiger partial charge on any atom is 0.171 e. The van der Waals surface area contributed by atoms with Crippen LogP contribution in [0.3, 0.4) is 0 Å². The van der Waals surface area contributed by atoms with Gasteiger partial charge in [-0.25, -0.2) is 17.9 Å². The minimum atomic E-state index is -3.23. The van der Waals surface area contributed by atoms with Crippen LogP contribution in [-0.2, 0) is 19.3 Å². The van der Waals surface area contributed by atoms with Crippen molar-refractivity contribution in [3.05, 3.63) is 22.4 Å². The number of sulfone groups is 1. The molecule has 1 saturated carbocycles. The molecule has 0 aromatic carbocycles. The Morgan fingerprint density at radius 1 is 1.42 bits per heavy atom. The van der Waals surface area contributed by atoms with E-state index < -0.39 is 14.6 Å². The summed E-state index contributed by atoms with van der Waals surface area (Å²) in [6.45, 7) is 4.10. The molecule has 2 aromatic rings. The number of ether oxygens (including phenoxy) is 1. The minimum absolute atomic E-state index is 0.191. The summed E-state index contributed by atoms with van der Waals surface area (Å²) >= 11 is 3.47. The second-order valence-electron chi connectivity index (χ2n) is 6.61. The molecule has 3 heterocycles. The first kappa shape index (κ1) is 16.3. The van der Waals surface area contributed by atoms with E-state index in [1.54, 1.807) is 10.7 Å². The monoisotopic (exact) mass is 414 g/mol. The van der Waals surface area contributed by atoms with Crippen molar-refractivity contribution in [1.82, 2.24) is 14.6 Å². The van der Waals surface area contributed by atoms with Crippen molar-refractivity contribution in [2.45, 2.75) is 30.6 Å². The van der Waals surface area contributed by atoms with Gasteiger partial charge in [0.1, 0.15) is 10.6 Å². The fraction of sp³-hybridized carbons (Fsp3) is 0.600. The lowest BCUT2D eigenvalue weighted by Crippen LogP contribution is -2.44. The van der Waals surface area contributed by atoms with E-state index in [1.807, 2.05) is 6.07 Å². The highest BCUT2D eigenvalue weighted by atomic mass is 79.9. The van der Waals surface area contributed by atoms with E-state index >= 15 is 0 Å². The Kier molecular flexibility index (Phi) is 3.67. The number of anilines is 1. The average Bonchev–Trinajstić information content (AvgIpc) is 3.27. The fourth-order valence-electron chi connectivity index (χ4n) is 3.39. The Labute approximate surface area is 149 Å². The molecule has 0 radical (unpaired) electrons. The summed E-state index contributed by atoms with van der Waals surface area (Å²) in [5.41, 5.74) is 1.35. The highest BCUT2D eigenvalue weighted by Gasteiger charge is 2.55. The molecule has 7 nitrogen and oxygen atoms in total. The Balaban J connectivity index is 1.93. The summed E-state index contributed by atoms with van der Waals surface area (Å²) in [4.78, 5) is 6.89. The molecule has 130 valence electrons. The lowest BCUT2D eigenvalue weighted by Gasteiger charge is -2.34. The summed E-state index contributed by atoms with van der Waals surface area (Å²) in [7, 11) is -3.23. The van der Waals surface area contributed by atoms with Crippen LogP contribution < -0.4 is 4.90 Å². The van der Waals surface area contributed by atoms with Gasteiger partial charge in [0.05, 0.1) is 35.6 Å². The third-order valence-corrected chi connectivity index (χ3v) is 7.55. The Morgan fingerprint density at radius 2 is 2.17 bits per heavy atom. The standard InChI is InChI=1S/C15H19BrN4O3S/c1-10-9-23-6-5-19(10)13-7-12(15(3-4-15)24(2,21)22)20-14(18-13)11(16)8-17-20/h7-8,10H,3-6,9H2,1-2H3. The van der Waals surface area contributed by atoms with Gasteiger partial charge in [-0.1, -0.05) is 0 Å². The van der Waals surface area contributed by atoms with Crippen molar-refractivity contribution >= 4 is 37.2 Å². The minimum Gasteiger partial charge on any atom is -0.377 e. The maximum atomic E-state index is 12.4. The number of rotatable bonds is 3. The van der Waals surface area contributed by atoms with Crippen molar-refractivity contribution in [3.63, 3.8) is 0 Å². The number of aromatic nitrogens is 3. The molecule has 2 fully saturated rings. The third kappa shape index (κ3) is 2.36. The maximum absolute atomic E-state index is 12.4. The Bertz CT molecular complexity index is 907. The zero-order chi connectivity index (χ0) is 17.1. The van der Waals surface area contributed by atoms with E-state index in [2.05, 4.69) is 32.9 Å². The van der Waals surface area contributed by atoms with E-state index in [0.29, 0.717) is 37.4 Å². The van der Waals surface area contributed by atoms with Gasteiger partial charge in [0.2, 0.25) is 0 Å². The van der Waals surface area contributed by atoms with Crippen molar-refractivity contribution < 1.29 is 13.2 Å². The molecule has 1 unspecified atom stereocenters. The predicted octanol–water partition coefficient (Wildman–Crippen LogP) is 1.75. The molecule has 0 amide bonds. The van der Waals surface area contributed by atoms with Crippen LogP contribution in [0, 0.1) is 0 Å². The second-order valence-corrected chi connectivity index (χ2v) is 9.79. The quantitative estimate of drug-likeness (QED) is 0.761. The molecule has 2 aromatic heterocycles. The highest BCUT2D eigenvalue weighted by molar-refractivity contribution is 9.10. The van der Waals surface area contributed by atoms with E-state index in [1.165, 1.54) is 6.26 Å². The number of hydrogen-bond donors (Lipinski definition) is 0. The molecule has 24 heavy (non-hydrogen) atoms. The topological polar surface area (TPSA) is 76.8 Å². The van der Waals surface area contributed by atoms with Crippen LogP contribution in [0.1, 0.15) is 25.5 Å². The molecule has 2 aliphatic rings. The van der Waals surface area contributed by atoms with Gasteiger partial charge in [0, 0.05) is 18.9 Å². The highest BCUT2D eigenvalue weighted by Crippen LogP contribution is 2.52. The third-order valence-electron chi connectivity index (χ3n) is 4.96. The number of halogens is 1. The molecule has 1 aliphatic carbocycles. The summed E-state index contributed by atoms with van der Waals surface area (Å²) in [5.74, 6) is 0.782. The lowest BCUT2D eigenvalue weighted by molar-refractivity contribution is 0.0985. The normalized spacial score (nSPS) is 23.6. The average molecular weight is 415 g/mol. The summed E-state index contributed by atoms with van der Waals surface area (Å²) in [6.07, 6.45) is 4.22. The van der Waals surface area contributed by atoms with Gasteiger partial charge < -0.3 is 9.64 Å². The van der Waals surface area contributed by atoms with Crippen LogP contribution in [0.4, 0.5) is 5.82 Å². The van der Waals surface area contributed by atoms with Crippen LogP contribution in [0.2, 0.25) is 0 Å². The van der Waals surface area contributed by atoms with E-state index in [9.17, 15) is 8.42 Å². The van der Waals surface area contributed by atoms with Gasteiger partial charge in [-0.15, -0.1) is 0 Å². The largest absolute Gasteiger partial charge is 0.377 e. The number of nitrogens with zero attached hydrogens (tertiary/aromatic N) is 4. The van der Waals surface area contributed by atoms with Gasteiger partial charge in [-0.2, -0.15) is 5.10 Å². The van der Waals surface area contributed by atoms with Crippen LogP contribution in [-0.4, -0.2) is 55.1 Å². The van der Waals surface area contributed by atoms with Crippen LogP contribution in [0.15, 0.2) is 16.7 Å². The molecule has 0 spiro atoms. The van der Waals surface area contributed by atoms with E-state index in [4.69, 9.17) is 9.72 Å². The first-order chi connectivity index (χ1) is 11.3. The zero-order valence-corrected chi connectivity index (χ0v) is 16.0. The predicted molar refractivity (Wildman–Crippen MR) is 94.1 cm³/mol. The van der Waals surface area contributed by atoms with Crippen LogP contribution in [0.5, 0.6) is 0 Å². The van der Waals surface area contributed by atoms with Gasteiger partial charge in [-0.05, 0) is 35.7 Å². The molecule has 1 saturated heterocycles. The SMILES string of the molecule is CC1COCCN1c1cc(C2(S(C)(=O)=O)CC2)n2ncc(Br)c2n1. The summed E-state index contributed by atoms with van der Waals surface area (Å²) in [6, 6.07) is 2.08. The van der Waals surface area contributed by atoms with Crippen molar-refractivity contribution in [1.29, 1.82) is 0 Å². The van der Waals surface area contributed by atoms with Gasteiger partial charge >= 0.3 is 0 Å². The number of hydrogen-bond acceptors (Lipinski definition) is 6. The lowest BCUT2D eigenvalue weighted by atomic mass is 10.2. The molecular weight excluding hydrogens is 396 g/mol. The summed E-state index contributed by atoms with van der Waals surface area (Å²) < 4.78 is 31.9. The molecule has 1 atom stereocenters. The smallest absolute Gasteiger partial charge is 0.171 e. The Morgan fingerprint density at radius 3 is 2.79 bits per heavy atom. The molecule has 9 heteroatoms. The fourth-order valence-corrected chi connectivity index (χ4v) is 5.11. The van der Waals surface area contributed by atoms with Crippen LogP contribution in [0.25, 0.3) is 5.65 Å². The van der Waals surface area contributed by atoms with Crippen molar-refractivity contribution in [2.24, 2.45) is 0 Å². The zero-order valence-electron chi connectivity index (χ0n) is 13.6. The number of fused-ring (bicyclic) bond motifs is 1. The molecule has 0 bridgehead atoms. The Hall–Kier alpha value is -1.19. The van der Waals surface area contributed by atoms with Gasteiger partial charge in [-0.3, -0.25) is 0 Å². The van der Waals surface area contributed by atoms with Gasteiger partial charge in [0.25, 0.3) is 0 Å². The van der Waals surface area contributed by atoms with Crippen molar-refractivity contribution in [2.75, 3.05) is 30.9 Å². The molecule has 4 rings (SSSR count). The van der Waals surface area contributed by atoms with E-state index in [0.717, 1.165) is 16.8 Å². The number of morpholine rings is 1. The summed E-state index contributed by atoms with van der Waals surface area (Å²) in [5, 5.41) is 4.34. The first-order valence-corrected chi connectivity index (χ1v) is 10.6. The second kappa shape index (κ2) is 5.40.